The summed E-state index contributed by atoms with van der Waals surface area (Å²) in [5.74, 6) is 0.577. The minimum absolute atomic E-state index is 0.229. The highest BCUT2D eigenvalue weighted by molar-refractivity contribution is 14.1. The first-order valence-corrected chi connectivity index (χ1v) is 8.33. The molecule has 0 spiro atoms. The molecule has 0 N–H and O–H groups in total. The molecule has 1 rings (SSSR count). The van der Waals surface area contributed by atoms with Crippen LogP contribution in [0.5, 0.6) is 0 Å². The van der Waals surface area contributed by atoms with Crippen LogP contribution in [-0.4, -0.2) is 22.3 Å². The quantitative estimate of drug-likeness (QED) is 0.464. The van der Waals surface area contributed by atoms with Gasteiger partial charge in [-0.05, 0) is 43.9 Å². The van der Waals surface area contributed by atoms with E-state index >= 15 is 0 Å². The Kier molecular flexibility index (Phi) is 5.61. The van der Waals surface area contributed by atoms with Crippen molar-refractivity contribution in [1.29, 1.82) is 0 Å². The first-order valence-electron chi connectivity index (χ1n) is 6.81. The molecule has 5 heteroatoms. The van der Waals surface area contributed by atoms with Crippen molar-refractivity contribution < 1.29 is 17.9 Å². The molecule has 0 aromatic rings. The van der Waals surface area contributed by atoms with Crippen molar-refractivity contribution >= 4 is 22.6 Å². The normalized spacial score (nSPS) is 31.3. The van der Waals surface area contributed by atoms with E-state index in [1.54, 1.807) is 0 Å². The van der Waals surface area contributed by atoms with Gasteiger partial charge in [0.1, 0.15) is 0 Å². The van der Waals surface area contributed by atoms with E-state index in [9.17, 15) is 13.2 Å². The van der Waals surface area contributed by atoms with E-state index in [1.807, 2.05) is 0 Å². The molecule has 1 aliphatic carbocycles. The summed E-state index contributed by atoms with van der Waals surface area (Å²) in [5, 5.41) is 0. The molecule has 0 heterocycles. The molecule has 1 atom stereocenters. The summed E-state index contributed by atoms with van der Waals surface area (Å²) in [4.78, 5) is 0. The number of alkyl halides is 4. The number of hydrogen-bond donors (Lipinski definition) is 0. The van der Waals surface area contributed by atoms with E-state index in [4.69, 9.17) is 4.74 Å². The number of hydrogen-bond acceptors (Lipinski definition) is 1. The zero-order valence-electron chi connectivity index (χ0n) is 12.1. The third kappa shape index (κ3) is 4.76. The van der Waals surface area contributed by atoms with Crippen LogP contribution in [0.25, 0.3) is 0 Å². The highest BCUT2D eigenvalue weighted by Gasteiger charge is 2.45. The molecule has 1 aliphatic rings. The molecule has 0 aromatic heterocycles. The molecule has 0 aromatic carbocycles. The molecule has 1 nitrogen and oxygen atoms in total. The molecule has 1 unspecified atom stereocenters. The lowest BCUT2D eigenvalue weighted by atomic mass is 9.69. The molecule has 0 aliphatic heterocycles. The van der Waals surface area contributed by atoms with Gasteiger partial charge < -0.3 is 4.74 Å². The van der Waals surface area contributed by atoms with Gasteiger partial charge >= 0.3 is 6.18 Å². The van der Waals surface area contributed by atoms with E-state index in [0.717, 1.165) is 32.6 Å². The Labute approximate surface area is 127 Å². The van der Waals surface area contributed by atoms with Crippen molar-refractivity contribution in [2.24, 2.45) is 11.3 Å². The average Bonchev–Trinajstić information content (AvgIpc) is 2.27. The highest BCUT2D eigenvalue weighted by atomic mass is 127. The van der Waals surface area contributed by atoms with Crippen molar-refractivity contribution in [1.82, 2.24) is 0 Å². The van der Waals surface area contributed by atoms with Crippen molar-refractivity contribution in [3.63, 3.8) is 0 Å². The number of halogens is 4. The van der Waals surface area contributed by atoms with Gasteiger partial charge in [0.25, 0.3) is 0 Å². The van der Waals surface area contributed by atoms with Gasteiger partial charge in [-0.15, -0.1) is 0 Å². The van der Waals surface area contributed by atoms with Gasteiger partial charge in [0.15, 0.2) is 6.10 Å². The molecule has 1 saturated carbocycles. The minimum Gasteiger partial charge on any atom is -0.362 e. The molecule has 114 valence electrons. The van der Waals surface area contributed by atoms with Crippen molar-refractivity contribution in [3.05, 3.63) is 0 Å². The molecule has 0 amide bonds. The number of ether oxygens (including phenoxy) is 1. The lowest BCUT2D eigenvalue weighted by Gasteiger charge is -2.44. The van der Waals surface area contributed by atoms with Gasteiger partial charge in [0.05, 0.1) is 5.60 Å². The molecule has 0 bridgehead atoms. The van der Waals surface area contributed by atoms with Crippen LogP contribution in [-0.2, 0) is 4.74 Å². The van der Waals surface area contributed by atoms with E-state index < -0.39 is 17.9 Å². The monoisotopic (exact) mass is 392 g/mol. The van der Waals surface area contributed by atoms with Crippen molar-refractivity contribution in [3.8, 4) is 0 Å². The lowest BCUT2D eigenvalue weighted by molar-refractivity contribution is -0.249. The lowest BCUT2D eigenvalue weighted by Crippen LogP contribution is -2.46. The summed E-state index contributed by atoms with van der Waals surface area (Å²) < 4.78 is 44.0. The van der Waals surface area contributed by atoms with Crippen LogP contribution in [0.1, 0.15) is 53.4 Å². The smallest absolute Gasteiger partial charge is 0.362 e. The first kappa shape index (κ1) is 17.5. The van der Waals surface area contributed by atoms with Crippen LogP contribution in [0, 0.1) is 11.3 Å². The fraction of sp³-hybridized carbons (Fsp3) is 1.00. The third-order valence-electron chi connectivity index (χ3n) is 4.25. The summed E-state index contributed by atoms with van der Waals surface area (Å²) in [6.07, 6.45) is -2.56. The summed E-state index contributed by atoms with van der Waals surface area (Å²) in [5.41, 5.74) is -0.357. The van der Waals surface area contributed by atoms with Gasteiger partial charge in [-0.2, -0.15) is 13.2 Å². The van der Waals surface area contributed by atoms with E-state index in [2.05, 4.69) is 43.4 Å². The van der Waals surface area contributed by atoms with E-state index in [0.29, 0.717) is 10.3 Å². The Balaban J connectivity index is 2.66. The van der Waals surface area contributed by atoms with Crippen LogP contribution < -0.4 is 0 Å². The molecular weight excluding hydrogens is 368 g/mol. The standard InChI is InChI=1S/C14H24F3IO/c1-10(14(15,16)17)19-13(9-18)7-5-11(6-8-13)12(2,3)4/h10-11H,5-9H2,1-4H3. The van der Waals surface area contributed by atoms with Crippen LogP contribution in [0.2, 0.25) is 0 Å². The summed E-state index contributed by atoms with van der Waals surface area (Å²) in [7, 11) is 0. The van der Waals surface area contributed by atoms with Crippen molar-refractivity contribution in [2.45, 2.75) is 71.3 Å². The predicted octanol–water partition coefficient (Wildman–Crippen LogP) is 5.36. The predicted molar refractivity (Wildman–Crippen MR) is 79.6 cm³/mol. The average molecular weight is 392 g/mol. The van der Waals surface area contributed by atoms with E-state index in [-0.39, 0.29) is 5.41 Å². The Bertz CT molecular complexity index is 288. The van der Waals surface area contributed by atoms with Gasteiger partial charge in [0, 0.05) is 4.43 Å². The second-order valence-electron chi connectivity index (χ2n) is 6.76. The Morgan fingerprint density at radius 3 is 2.00 bits per heavy atom. The zero-order chi connectivity index (χ0) is 14.9. The van der Waals surface area contributed by atoms with Crippen molar-refractivity contribution in [2.75, 3.05) is 4.43 Å². The molecule has 1 fully saturated rings. The van der Waals surface area contributed by atoms with E-state index in [1.165, 1.54) is 0 Å². The summed E-state index contributed by atoms with van der Waals surface area (Å²) in [6.45, 7) is 7.72. The molecule has 0 saturated heterocycles. The van der Waals surface area contributed by atoms with Crippen LogP contribution >= 0.6 is 22.6 Å². The highest BCUT2D eigenvalue weighted by Crippen LogP contribution is 2.44. The second kappa shape index (κ2) is 6.08. The SMILES string of the molecule is CC(OC1(CI)CCC(C(C)(C)C)CC1)C(F)(F)F. The minimum atomic E-state index is -4.26. The maximum atomic E-state index is 12.6. The Hall–Kier alpha value is 0.480. The molecule has 0 radical (unpaired) electrons. The number of rotatable bonds is 3. The molecule has 19 heavy (non-hydrogen) atoms. The Morgan fingerprint density at radius 2 is 1.68 bits per heavy atom. The second-order valence-corrected chi connectivity index (χ2v) is 7.52. The molecular formula is C14H24F3IO. The fourth-order valence-electron chi connectivity index (χ4n) is 2.73. The zero-order valence-corrected chi connectivity index (χ0v) is 14.3. The van der Waals surface area contributed by atoms with Crippen LogP contribution in [0.3, 0.4) is 0 Å². The van der Waals surface area contributed by atoms with Crippen LogP contribution in [0.15, 0.2) is 0 Å². The third-order valence-corrected chi connectivity index (χ3v) is 5.64. The summed E-state index contributed by atoms with van der Waals surface area (Å²) >= 11 is 2.16. The van der Waals surface area contributed by atoms with Gasteiger partial charge in [-0.3, -0.25) is 0 Å². The van der Waals surface area contributed by atoms with Gasteiger partial charge in [-0.25, -0.2) is 0 Å². The maximum Gasteiger partial charge on any atom is 0.414 e. The first-order chi connectivity index (χ1) is 8.50. The fourth-order valence-corrected chi connectivity index (χ4v) is 3.68. The van der Waals surface area contributed by atoms with Gasteiger partial charge in [-0.1, -0.05) is 43.4 Å². The summed E-state index contributed by atoms with van der Waals surface area (Å²) in [6, 6.07) is 0. The Morgan fingerprint density at radius 1 is 1.21 bits per heavy atom. The van der Waals surface area contributed by atoms with Gasteiger partial charge in [0.2, 0.25) is 0 Å². The topological polar surface area (TPSA) is 9.23 Å². The van der Waals surface area contributed by atoms with Crippen LogP contribution in [0.4, 0.5) is 13.2 Å². The largest absolute Gasteiger partial charge is 0.414 e. The maximum absolute atomic E-state index is 12.6.